The van der Waals surface area contributed by atoms with Gasteiger partial charge in [0.15, 0.2) is 0 Å². The molecule has 1 unspecified atom stereocenters. The van der Waals surface area contributed by atoms with E-state index in [0.29, 0.717) is 10.6 Å². The summed E-state index contributed by atoms with van der Waals surface area (Å²) in [7, 11) is 0. The van der Waals surface area contributed by atoms with Gasteiger partial charge >= 0.3 is 0 Å². The van der Waals surface area contributed by atoms with Crippen molar-refractivity contribution in [2.24, 2.45) is 0 Å². The van der Waals surface area contributed by atoms with E-state index in [0.717, 1.165) is 19.4 Å². The van der Waals surface area contributed by atoms with Crippen molar-refractivity contribution in [3.8, 4) is 0 Å². The van der Waals surface area contributed by atoms with Crippen LogP contribution in [0.5, 0.6) is 0 Å². The second kappa shape index (κ2) is 8.64. The van der Waals surface area contributed by atoms with E-state index in [1.54, 1.807) is 24.3 Å². The van der Waals surface area contributed by atoms with E-state index >= 15 is 0 Å². The smallest absolute Gasteiger partial charge is 0.252 e. The van der Waals surface area contributed by atoms with Crippen LogP contribution in [-0.2, 0) is 0 Å². The molecule has 0 aliphatic heterocycles. The number of unbranched alkanes of at least 4 members (excludes halogenated alkanes) is 1. The summed E-state index contributed by atoms with van der Waals surface area (Å²) in [6.07, 6.45) is 1.58. The monoisotopic (exact) mass is 322 g/mol. The van der Waals surface area contributed by atoms with Crippen LogP contribution in [0.2, 0.25) is 5.02 Å². The Labute approximate surface area is 128 Å². The molecule has 6 heteroatoms. The van der Waals surface area contributed by atoms with Gasteiger partial charge in [-0.15, -0.1) is 23.2 Å². The van der Waals surface area contributed by atoms with Crippen LogP contribution in [0.25, 0.3) is 0 Å². The Morgan fingerprint density at radius 3 is 2.42 bits per heavy atom. The van der Waals surface area contributed by atoms with Crippen molar-refractivity contribution in [1.82, 2.24) is 10.6 Å². The van der Waals surface area contributed by atoms with Gasteiger partial charge in [-0.05, 0) is 37.2 Å². The number of nitrogens with one attached hydrogen (secondary N) is 2. The van der Waals surface area contributed by atoms with E-state index in [9.17, 15) is 4.79 Å². The lowest BCUT2D eigenvalue weighted by Crippen LogP contribution is -2.49. The fourth-order valence-corrected chi connectivity index (χ4v) is 1.89. The molecule has 19 heavy (non-hydrogen) atoms. The van der Waals surface area contributed by atoms with Gasteiger partial charge in [-0.1, -0.05) is 24.9 Å². The number of alkyl halides is 2. The molecule has 3 nitrogen and oxygen atoms in total. The van der Waals surface area contributed by atoms with Gasteiger partial charge in [-0.25, -0.2) is 0 Å². The van der Waals surface area contributed by atoms with Crippen LogP contribution in [-0.4, -0.2) is 23.5 Å². The maximum absolute atomic E-state index is 12.0. The summed E-state index contributed by atoms with van der Waals surface area (Å²) in [5.74, 6) is -0.239. The van der Waals surface area contributed by atoms with Crippen molar-refractivity contribution in [3.05, 3.63) is 34.9 Å². The van der Waals surface area contributed by atoms with Gasteiger partial charge < -0.3 is 5.32 Å². The predicted molar refractivity (Wildman–Crippen MR) is 81.1 cm³/mol. The van der Waals surface area contributed by atoms with Crippen LogP contribution >= 0.6 is 34.8 Å². The van der Waals surface area contributed by atoms with Gasteiger partial charge in [0.25, 0.3) is 5.91 Å². The second-order valence-corrected chi connectivity index (χ2v) is 5.70. The minimum absolute atomic E-state index is 0.239. The summed E-state index contributed by atoms with van der Waals surface area (Å²) >= 11 is 17.5. The van der Waals surface area contributed by atoms with Crippen LogP contribution in [0.15, 0.2) is 24.3 Å². The fraction of sp³-hybridized carbons (Fsp3) is 0.462. The lowest BCUT2D eigenvalue weighted by atomic mass is 10.2. The van der Waals surface area contributed by atoms with Crippen LogP contribution in [0.1, 0.15) is 30.1 Å². The van der Waals surface area contributed by atoms with Gasteiger partial charge in [0.2, 0.25) is 0 Å². The van der Waals surface area contributed by atoms with Crippen molar-refractivity contribution in [2.45, 2.75) is 30.8 Å². The molecular weight excluding hydrogens is 307 g/mol. The zero-order chi connectivity index (χ0) is 14.3. The molecule has 106 valence electrons. The molecule has 1 rings (SSSR count). The number of hydrogen-bond donors (Lipinski definition) is 2. The Balaban J connectivity index is 2.58. The molecule has 0 aliphatic carbocycles. The van der Waals surface area contributed by atoms with Gasteiger partial charge in [0.1, 0.15) is 11.0 Å². The van der Waals surface area contributed by atoms with Crippen LogP contribution in [0.4, 0.5) is 0 Å². The molecule has 0 saturated heterocycles. The second-order valence-electron chi connectivity index (χ2n) is 4.10. The number of amides is 1. The lowest BCUT2D eigenvalue weighted by molar-refractivity contribution is 0.0932. The number of hydrogen-bond acceptors (Lipinski definition) is 2. The first-order valence-electron chi connectivity index (χ1n) is 6.12. The molecule has 0 fully saturated rings. The minimum Gasteiger partial charge on any atom is -0.334 e. The molecule has 1 aromatic carbocycles. The number of rotatable bonds is 7. The van der Waals surface area contributed by atoms with Crippen molar-refractivity contribution in [3.63, 3.8) is 0 Å². The van der Waals surface area contributed by atoms with Crippen LogP contribution in [0, 0.1) is 0 Å². The summed E-state index contributed by atoms with van der Waals surface area (Å²) in [6.45, 7) is 2.83. The summed E-state index contributed by atoms with van der Waals surface area (Å²) in [5, 5.41) is 6.45. The highest BCUT2D eigenvalue weighted by Gasteiger charge is 2.19. The minimum atomic E-state index is -0.715. The quantitative estimate of drug-likeness (QED) is 0.457. The highest BCUT2D eigenvalue weighted by molar-refractivity contribution is 6.44. The SMILES string of the molecule is CCCCNC(NC(=O)c1ccc(Cl)cc1)C(Cl)Cl. The molecule has 1 aromatic rings. The first kappa shape index (κ1) is 16.6. The summed E-state index contributed by atoms with van der Waals surface area (Å²) in [4.78, 5) is 11.3. The molecule has 0 radical (unpaired) electrons. The Morgan fingerprint density at radius 1 is 1.26 bits per heavy atom. The Kier molecular flexibility index (Phi) is 7.54. The Bertz CT molecular complexity index is 395. The van der Waals surface area contributed by atoms with E-state index in [4.69, 9.17) is 34.8 Å². The molecule has 0 aliphatic rings. The molecule has 0 spiro atoms. The third-order valence-electron chi connectivity index (χ3n) is 2.54. The maximum atomic E-state index is 12.0. The number of carbonyl (C=O) groups excluding carboxylic acids is 1. The Hall–Kier alpha value is -0.480. The molecule has 0 heterocycles. The van der Waals surface area contributed by atoms with Gasteiger partial charge in [-0.2, -0.15) is 0 Å². The Morgan fingerprint density at radius 2 is 1.89 bits per heavy atom. The first-order chi connectivity index (χ1) is 9.04. The van der Waals surface area contributed by atoms with Crippen molar-refractivity contribution in [2.75, 3.05) is 6.54 Å². The largest absolute Gasteiger partial charge is 0.334 e. The topological polar surface area (TPSA) is 41.1 Å². The third kappa shape index (κ3) is 6.00. The average molecular weight is 324 g/mol. The molecule has 0 aromatic heterocycles. The highest BCUT2D eigenvalue weighted by atomic mass is 35.5. The van der Waals surface area contributed by atoms with Crippen molar-refractivity contribution in [1.29, 1.82) is 0 Å². The number of halogens is 3. The maximum Gasteiger partial charge on any atom is 0.252 e. The summed E-state index contributed by atoms with van der Waals surface area (Å²) in [5.41, 5.74) is 0.515. The normalized spacial score (nSPS) is 12.5. The zero-order valence-corrected chi connectivity index (χ0v) is 12.9. The predicted octanol–water partition coefficient (Wildman–Crippen LogP) is 3.59. The van der Waals surface area contributed by atoms with E-state index < -0.39 is 11.0 Å². The standard InChI is InChI=1S/C13H17Cl3N2O/c1-2-3-8-17-12(11(15)16)18-13(19)9-4-6-10(14)7-5-9/h4-7,11-12,17H,2-3,8H2,1H3,(H,18,19). The molecule has 1 amide bonds. The van der Waals surface area contributed by atoms with Gasteiger partial charge in [0, 0.05) is 10.6 Å². The van der Waals surface area contributed by atoms with E-state index in [2.05, 4.69) is 17.6 Å². The van der Waals surface area contributed by atoms with E-state index in [-0.39, 0.29) is 5.91 Å². The zero-order valence-electron chi connectivity index (χ0n) is 10.6. The molecule has 0 saturated carbocycles. The van der Waals surface area contributed by atoms with Crippen molar-refractivity contribution < 1.29 is 4.79 Å². The van der Waals surface area contributed by atoms with E-state index in [1.165, 1.54) is 0 Å². The molecule has 2 N–H and O–H groups in total. The van der Waals surface area contributed by atoms with Crippen molar-refractivity contribution >= 4 is 40.7 Å². The molecule has 0 bridgehead atoms. The van der Waals surface area contributed by atoms with Crippen LogP contribution < -0.4 is 10.6 Å². The first-order valence-corrected chi connectivity index (χ1v) is 7.37. The number of carbonyl (C=O) groups is 1. The average Bonchev–Trinajstić information content (AvgIpc) is 2.38. The molecular formula is C13H17Cl3N2O. The fourth-order valence-electron chi connectivity index (χ4n) is 1.46. The van der Waals surface area contributed by atoms with Crippen LogP contribution in [0.3, 0.4) is 0 Å². The third-order valence-corrected chi connectivity index (χ3v) is 3.30. The number of benzene rings is 1. The summed E-state index contributed by atoms with van der Waals surface area (Å²) in [6, 6.07) is 6.63. The summed E-state index contributed by atoms with van der Waals surface area (Å²) < 4.78 is 0. The molecule has 1 atom stereocenters. The lowest BCUT2D eigenvalue weighted by Gasteiger charge is -2.21. The van der Waals surface area contributed by atoms with E-state index in [1.807, 2.05) is 0 Å². The highest BCUT2D eigenvalue weighted by Crippen LogP contribution is 2.11. The van der Waals surface area contributed by atoms with Gasteiger partial charge in [-0.3, -0.25) is 10.1 Å². The van der Waals surface area contributed by atoms with Gasteiger partial charge in [0.05, 0.1) is 0 Å².